The monoisotopic (exact) mass is 277 g/mol. The highest BCUT2D eigenvalue weighted by Crippen LogP contribution is 2.26. The molecule has 1 aromatic rings. The van der Waals surface area contributed by atoms with Gasteiger partial charge in [0.1, 0.15) is 11.8 Å². The number of ether oxygens (including phenoxy) is 1. The fourth-order valence-electron chi connectivity index (χ4n) is 2.78. The first-order valence-electron chi connectivity index (χ1n) is 7.20. The van der Waals surface area contributed by atoms with E-state index in [1.165, 1.54) is 0 Å². The zero-order chi connectivity index (χ0) is 14.7. The molecule has 0 bridgehead atoms. The van der Waals surface area contributed by atoms with Crippen LogP contribution in [-0.4, -0.2) is 34.7 Å². The molecule has 20 heavy (non-hydrogen) atoms. The summed E-state index contributed by atoms with van der Waals surface area (Å²) in [6, 6.07) is 7.57. The van der Waals surface area contributed by atoms with Gasteiger partial charge < -0.3 is 9.84 Å². The molecule has 1 aromatic carbocycles. The van der Waals surface area contributed by atoms with E-state index in [4.69, 9.17) is 4.74 Å². The second kappa shape index (κ2) is 6.27. The number of carboxylic acids is 1. The van der Waals surface area contributed by atoms with E-state index in [-0.39, 0.29) is 18.1 Å². The first kappa shape index (κ1) is 14.9. The zero-order valence-corrected chi connectivity index (χ0v) is 12.4. The third-order valence-corrected chi connectivity index (χ3v) is 3.74. The molecule has 1 saturated heterocycles. The van der Waals surface area contributed by atoms with Crippen LogP contribution in [-0.2, 0) is 11.3 Å². The van der Waals surface area contributed by atoms with Crippen LogP contribution in [0.25, 0.3) is 0 Å². The van der Waals surface area contributed by atoms with Crippen LogP contribution in [0.2, 0.25) is 0 Å². The van der Waals surface area contributed by atoms with E-state index >= 15 is 0 Å². The van der Waals surface area contributed by atoms with Crippen LogP contribution >= 0.6 is 0 Å². The molecule has 1 fully saturated rings. The van der Waals surface area contributed by atoms with Crippen molar-refractivity contribution in [2.24, 2.45) is 5.92 Å². The SMILES string of the molecule is CC(C)Oc1ccc(CN2CCC(C)C2C(=O)O)cc1. The minimum absolute atomic E-state index is 0.164. The first-order valence-corrected chi connectivity index (χ1v) is 7.20. The van der Waals surface area contributed by atoms with Gasteiger partial charge in [0.15, 0.2) is 0 Å². The van der Waals surface area contributed by atoms with E-state index in [9.17, 15) is 9.90 Å². The third-order valence-electron chi connectivity index (χ3n) is 3.74. The van der Waals surface area contributed by atoms with Crippen molar-refractivity contribution in [1.82, 2.24) is 4.90 Å². The summed E-state index contributed by atoms with van der Waals surface area (Å²) in [5, 5.41) is 9.31. The Hall–Kier alpha value is -1.55. The highest BCUT2D eigenvalue weighted by molar-refractivity contribution is 5.74. The van der Waals surface area contributed by atoms with Crippen LogP contribution in [0.4, 0.5) is 0 Å². The van der Waals surface area contributed by atoms with Gasteiger partial charge >= 0.3 is 5.97 Å². The number of benzene rings is 1. The minimum Gasteiger partial charge on any atom is -0.491 e. The van der Waals surface area contributed by atoms with Crippen LogP contribution in [0.1, 0.15) is 32.8 Å². The molecule has 1 aliphatic heterocycles. The molecule has 0 amide bonds. The molecule has 0 saturated carbocycles. The van der Waals surface area contributed by atoms with Crippen molar-refractivity contribution >= 4 is 5.97 Å². The summed E-state index contributed by atoms with van der Waals surface area (Å²) >= 11 is 0. The van der Waals surface area contributed by atoms with Crippen molar-refractivity contribution in [2.75, 3.05) is 6.54 Å². The lowest BCUT2D eigenvalue weighted by molar-refractivity contribution is -0.143. The Morgan fingerprint density at radius 3 is 2.60 bits per heavy atom. The molecule has 4 heteroatoms. The van der Waals surface area contributed by atoms with Gasteiger partial charge in [0, 0.05) is 6.54 Å². The summed E-state index contributed by atoms with van der Waals surface area (Å²) in [6.45, 7) is 7.54. The number of carbonyl (C=O) groups is 1. The normalized spacial score (nSPS) is 23.2. The fraction of sp³-hybridized carbons (Fsp3) is 0.562. The van der Waals surface area contributed by atoms with Crippen molar-refractivity contribution in [1.29, 1.82) is 0 Å². The average molecular weight is 277 g/mol. The maximum absolute atomic E-state index is 11.3. The molecule has 110 valence electrons. The maximum Gasteiger partial charge on any atom is 0.321 e. The quantitative estimate of drug-likeness (QED) is 0.899. The molecule has 2 rings (SSSR count). The van der Waals surface area contributed by atoms with Gasteiger partial charge in [-0.1, -0.05) is 19.1 Å². The first-order chi connectivity index (χ1) is 9.47. The molecule has 2 unspecified atom stereocenters. The Morgan fingerprint density at radius 1 is 1.40 bits per heavy atom. The standard InChI is InChI=1S/C16H23NO3/c1-11(2)20-14-6-4-13(5-7-14)10-17-9-8-12(3)15(17)16(18)19/h4-7,11-12,15H,8-10H2,1-3H3,(H,18,19). The van der Waals surface area contributed by atoms with Gasteiger partial charge in [-0.25, -0.2) is 0 Å². The van der Waals surface area contributed by atoms with Gasteiger partial charge in [-0.15, -0.1) is 0 Å². The lowest BCUT2D eigenvalue weighted by Crippen LogP contribution is -2.38. The smallest absolute Gasteiger partial charge is 0.321 e. The zero-order valence-electron chi connectivity index (χ0n) is 12.4. The second-order valence-electron chi connectivity index (χ2n) is 5.83. The van der Waals surface area contributed by atoms with E-state index in [1.54, 1.807) is 0 Å². The molecule has 2 atom stereocenters. The highest BCUT2D eigenvalue weighted by Gasteiger charge is 2.36. The number of likely N-dealkylation sites (tertiary alicyclic amines) is 1. The van der Waals surface area contributed by atoms with Crippen LogP contribution in [0, 0.1) is 5.92 Å². The van der Waals surface area contributed by atoms with E-state index in [2.05, 4.69) is 0 Å². The summed E-state index contributed by atoms with van der Waals surface area (Å²) in [7, 11) is 0. The molecule has 1 aliphatic rings. The number of hydrogen-bond donors (Lipinski definition) is 1. The molecule has 4 nitrogen and oxygen atoms in total. The fourth-order valence-corrected chi connectivity index (χ4v) is 2.78. The van der Waals surface area contributed by atoms with Gasteiger partial charge in [0.25, 0.3) is 0 Å². The summed E-state index contributed by atoms with van der Waals surface area (Å²) in [5.41, 5.74) is 1.13. The topological polar surface area (TPSA) is 49.8 Å². The minimum atomic E-state index is -0.713. The number of carboxylic acid groups (broad SMARTS) is 1. The summed E-state index contributed by atoms with van der Waals surface area (Å²) < 4.78 is 5.61. The summed E-state index contributed by atoms with van der Waals surface area (Å²) in [5.74, 6) is 0.360. The van der Waals surface area contributed by atoms with Gasteiger partial charge in [-0.2, -0.15) is 0 Å². The molecular formula is C16H23NO3. The van der Waals surface area contributed by atoms with Crippen molar-refractivity contribution in [3.05, 3.63) is 29.8 Å². The molecule has 0 aromatic heterocycles. The van der Waals surface area contributed by atoms with Crippen molar-refractivity contribution in [2.45, 2.75) is 45.9 Å². The third kappa shape index (κ3) is 3.51. The van der Waals surface area contributed by atoms with E-state index < -0.39 is 5.97 Å². The van der Waals surface area contributed by atoms with Crippen LogP contribution in [0.15, 0.2) is 24.3 Å². The Labute approximate surface area is 120 Å². The lowest BCUT2D eigenvalue weighted by Gasteiger charge is -2.23. The number of nitrogens with zero attached hydrogens (tertiary/aromatic N) is 1. The maximum atomic E-state index is 11.3. The predicted octanol–water partition coefficient (Wildman–Crippen LogP) is 2.77. The summed E-state index contributed by atoms with van der Waals surface area (Å²) in [4.78, 5) is 13.4. The van der Waals surface area contributed by atoms with Crippen molar-refractivity contribution in [3.63, 3.8) is 0 Å². The Balaban J connectivity index is 2.01. The number of hydrogen-bond acceptors (Lipinski definition) is 3. The molecule has 1 heterocycles. The molecule has 0 spiro atoms. The predicted molar refractivity (Wildman–Crippen MR) is 77.8 cm³/mol. The van der Waals surface area contributed by atoms with E-state index in [0.29, 0.717) is 6.54 Å². The molecule has 0 radical (unpaired) electrons. The van der Waals surface area contributed by atoms with Gasteiger partial charge in [-0.3, -0.25) is 9.69 Å². The van der Waals surface area contributed by atoms with Crippen molar-refractivity contribution < 1.29 is 14.6 Å². The molecular weight excluding hydrogens is 254 g/mol. The largest absolute Gasteiger partial charge is 0.491 e. The van der Waals surface area contributed by atoms with Gasteiger partial charge in [-0.05, 0) is 50.4 Å². The van der Waals surface area contributed by atoms with Crippen LogP contribution in [0.5, 0.6) is 5.75 Å². The van der Waals surface area contributed by atoms with E-state index in [1.807, 2.05) is 49.9 Å². The highest BCUT2D eigenvalue weighted by atomic mass is 16.5. The Morgan fingerprint density at radius 2 is 2.05 bits per heavy atom. The lowest BCUT2D eigenvalue weighted by atomic mass is 10.0. The summed E-state index contributed by atoms with van der Waals surface area (Å²) in [6.07, 6.45) is 1.11. The van der Waals surface area contributed by atoms with E-state index in [0.717, 1.165) is 24.3 Å². The Kier molecular flexibility index (Phi) is 4.65. The van der Waals surface area contributed by atoms with Gasteiger partial charge in [0.2, 0.25) is 0 Å². The molecule has 0 aliphatic carbocycles. The molecule has 1 N–H and O–H groups in total. The second-order valence-corrected chi connectivity index (χ2v) is 5.83. The number of aliphatic carboxylic acids is 1. The number of rotatable bonds is 5. The van der Waals surface area contributed by atoms with Gasteiger partial charge in [0.05, 0.1) is 6.10 Å². The van der Waals surface area contributed by atoms with Crippen molar-refractivity contribution in [3.8, 4) is 5.75 Å². The van der Waals surface area contributed by atoms with Crippen LogP contribution < -0.4 is 4.74 Å². The van der Waals surface area contributed by atoms with Crippen LogP contribution in [0.3, 0.4) is 0 Å². The Bertz CT molecular complexity index is 455. The average Bonchev–Trinajstić information content (AvgIpc) is 2.72.